The summed E-state index contributed by atoms with van der Waals surface area (Å²) in [5, 5.41) is 23.6. The van der Waals surface area contributed by atoms with Gasteiger partial charge >= 0.3 is 5.97 Å². The van der Waals surface area contributed by atoms with Gasteiger partial charge < -0.3 is 10.2 Å². The third-order valence-corrected chi connectivity index (χ3v) is 7.86. The Morgan fingerprint density at radius 1 is 1.09 bits per heavy atom. The second-order valence-electron chi connectivity index (χ2n) is 8.49. The number of para-hydroxylation sites is 1. The number of amides is 2. The summed E-state index contributed by atoms with van der Waals surface area (Å²) in [7, 11) is 0. The predicted octanol–water partition coefficient (Wildman–Crippen LogP) is 4.04. The van der Waals surface area contributed by atoms with Crippen LogP contribution in [0, 0.1) is 11.8 Å². The highest BCUT2D eigenvalue weighted by Gasteiger charge is 2.69. The van der Waals surface area contributed by atoms with E-state index in [1.807, 2.05) is 32.0 Å². The SMILES string of the molecule is CCc1cccc(CC)c1N1C(=O)C2C(c3cc(Cl)cc(Cl)c3Cl)NC(CO)(C(=O)O)C2C1=O. The number of imide groups is 1. The van der Waals surface area contributed by atoms with Crippen molar-refractivity contribution in [3.05, 3.63) is 62.1 Å². The van der Waals surface area contributed by atoms with Crippen molar-refractivity contribution in [2.24, 2.45) is 11.8 Å². The third kappa shape index (κ3) is 3.53. The molecule has 0 aliphatic carbocycles. The first-order valence-electron chi connectivity index (χ1n) is 10.9. The largest absolute Gasteiger partial charge is 0.480 e. The molecule has 0 spiro atoms. The number of aryl methyl sites for hydroxylation is 2. The maximum absolute atomic E-state index is 13.9. The first-order valence-corrected chi connectivity index (χ1v) is 12.0. The van der Waals surface area contributed by atoms with E-state index in [2.05, 4.69) is 5.32 Å². The molecule has 34 heavy (non-hydrogen) atoms. The van der Waals surface area contributed by atoms with Crippen LogP contribution in [-0.2, 0) is 27.2 Å². The van der Waals surface area contributed by atoms with Crippen LogP contribution < -0.4 is 10.2 Å². The Kier molecular flexibility index (Phi) is 6.70. The van der Waals surface area contributed by atoms with Crippen molar-refractivity contribution in [1.82, 2.24) is 5.32 Å². The molecule has 0 aromatic heterocycles. The van der Waals surface area contributed by atoms with Gasteiger partial charge in [0.25, 0.3) is 0 Å². The molecule has 2 saturated heterocycles. The van der Waals surface area contributed by atoms with Gasteiger partial charge in [0.2, 0.25) is 11.8 Å². The lowest BCUT2D eigenvalue weighted by atomic mass is 9.79. The van der Waals surface area contributed by atoms with Gasteiger partial charge in [-0.05, 0) is 41.7 Å². The highest BCUT2D eigenvalue weighted by Crippen LogP contribution is 2.52. The smallest absolute Gasteiger partial charge is 0.327 e. The van der Waals surface area contributed by atoms with Crippen molar-refractivity contribution >= 4 is 58.3 Å². The number of benzene rings is 2. The van der Waals surface area contributed by atoms with E-state index in [4.69, 9.17) is 34.8 Å². The number of carbonyl (C=O) groups excluding carboxylic acids is 2. The number of fused-ring (bicyclic) bond motifs is 1. The molecule has 0 saturated carbocycles. The zero-order chi connectivity index (χ0) is 24.9. The number of aliphatic hydroxyl groups excluding tert-OH is 1. The number of carbonyl (C=O) groups is 3. The molecular formula is C24H23Cl3N2O5. The first-order chi connectivity index (χ1) is 16.1. The van der Waals surface area contributed by atoms with Crippen LogP contribution in [0.1, 0.15) is 36.6 Å². The monoisotopic (exact) mass is 524 g/mol. The van der Waals surface area contributed by atoms with Crippen molar-refractivity contribution in [2.75, 3.05) is 11.5 Å². The number of hydrogen-bond donors (Lipinski definition) is 3. The van der Waals surface area contributed by atoms with Crippen molar-refractivity contribution < 1.29 is 24.6 Å². The van der Waals surface area contributed by atoms with Crippen LogP contribution in [0.3, 0.4) is 0 Å². The van der Waals surface area contributed by atoms with Crippen molar-refractivity contribution in [2.45, 2.75) is 38.3 Å². The molecule has 3 N–H and O–H groups in total. The summed E-state index contributed by atoms with van der Waals surface area (Å²) in [5.41, 5.74) is 0.248. The molecule has 4 rings (SSSR count). The van der Waals surface area contributed by atoms with Crippen molar-refractivity contribution in [3.63, 3.8) is 0 Å². The summed E-state index contributed by atoms with van der Waals surface area (Å²) in [6, 6.07) is 7.43. The fourth-order valence-corrected chi connectivity index (χ4v) is 5.94. The van der Waals surface area contributed by atoms with Crippen LogP contribution in [0.4, 0.5) is 5.69 Å². The molecule has 2 aliphatic heterocycles. The van der Waals surface area contributed by atoms with E-state index in [1.54, 1.807) is 0 Å². The minimum atomic E-state index is -2.09. The van der Waals surface area contributed by atoms with E-state index in [0.717, 1.165) is 16.0 Å². The van der Waals surface area contributed by atoms with Crippen LogP contribution in [0.25, 0.3) is 0 Å². The Morgan fingerprint density at radius 2 is 1.71 bits per heavy atom. The average Bonchev–Trinajstić information content (AvgIpc) is 3.29. The Labute approximate surface area is 211 Å². The molecule has 2 amide bonds. The third-order valence-electron chi connectivity index (χ3n) is 6.83. The molecule has 2 aromatic carbocycles. The highest BCUT2D eigenvalue weighted by molar-refractivity contribution is 6.43. The Balaban J connectivity index is 1.95. The van der Waals surface area contributed by atoms with E-state index in [0.29, 0.717) is 18.5 Å². The number of nitrogens with zero attached hydrogens (tertiary/aromatic N) is 1. The molecule has 10 heteroatoms. The number of anilines is 1. The normalized spacial score (nSPS) is 26.3. The number of hydrogen-bond acceptors (Lipinski definition) is 5. The van der Waals surface area contributed by atoms with Gasteiger partial charge in [-0.15, -0.1) is 0 Å². The summed E-state index contributed by atoms with van der Waals surface area (Å²) < 4.78 is 0. The molecule has 2 fully saturated rings. The quantitative estimate of drug-likeness (QED) is 0.388. The fourth-order valence-electron chi connectivity index (χ4n) is 5.20. The van der Waals surface area contributed by atoms with E-state index < -0.39 is 47.8 Å². The Morgan fingerprint density at radius 3 is 2.24 bits per heavy atom. The van der Waals surface area contributed by atoms with Gasteiger partial charge in [-0.25, -0.2) is 4.90 Å². The molecule has 2 heterocycles. The van der Waals surface area contributed by atoms with Crippen LogP contribution in [0.2, 0.25) is 15.1 Å². The summed E-state index contributed by atoms with van der Waals surface area (Å²) in [4.78, 5) is 41.3. The van der Waals surface area contributed by atoms with Gasteiger partial charge in [0.15, 0.2) is 5.54 Å². The van der Waals surface area contributed by atoms with Gasteiger partial charge in [-0.1, -0.05) is 66.8 Å². The zero-order valence-electron chi connectivity index (χ0n) is 18.4. The molecule has 0 bridgehead atoms. The van der Waals surface area contributed by atoms with Crippen molar-refractivity contribution in [3.8, 4) is 0 Å². The molecule has 2 aliphatic rings. The fraction of sp³-hybridized carbons (Fsp3) is 0.375. The number of nitrogens with one attached hydrogen (secondary N) is 1. The predicted molar refractivity (Wildman–Crippen MR) is 129 cm³/mol. The first kappa shape index (κ1) is 24.9. The van der Waals surface area contributed by atoms with Crippen LogP contribution >= 0.6 is 34.8 Å². The minimum absolute atomic E-state index is 0.0864. The molecular weight excluding hydrogens is 503 g/mol. The Bertz CT molecular complexity index is 1180. The summed E-state index contributed by atoms with van der Waals surface area (Å²) >= 11 is 18.8. The van der Waals surface area contributed by atoms with E-state index in [9.17, 15) is 24.6 Å². The van der Waals surface area contributed by atoms with Gasteiger partial charge in [-0.2, -0.15) is 0 Å². The lowest BCUT2D eigenvalue weighted by Gasteiger charge is -2.30. The van der Waals surface area contributed by atoms with Crippen LogP contribution in [0.15, 0.2) is 30.3 Å². The van der Waals surface area contributed by atoms with Crippen LogP contribution in [0.5, 0.6) is 0 Å². The average molecular weight is 526 g/mol. The summed E-state index contributed by atoms with van der Waals surface area (Å²) in [5.74, 6) is -5.19. The molecule has 0 radical (unpaired) electrons. The molecule has 180 valence electrons. The minimum Gasteiger partial charge on any atom is -0.480 e. The van der Waals surface area contributed by atoms with E-state index in [-0.39, 0.29) is 20.6 Å². The van der Waals surface area contributed by atoms with Crippen LogP contribution in [-0.4, -0.2) is 40.1 Å². The molecule has 4 atom stereocenters. The lowest BCUT2D eigenvalue weighted by Crippen LogP contribution is -2.58. The molecule has 2 aromatic rings. The number of carboxylic acid groups (broad SMARTS) is 1. The van der Waals surface area contributed by atoms with Gasteiger partial charge in [0.1, 0.15) is 0 Å². The van der Waals surface area contributed by atoms with Crippen molar-refractivity contribution in [1.29, 1.82) is 0 Å². The number of aliphatic hydroxyl groups is 1. The molecule has 4 unspecified atom stereocenters. The number of halogens is 3. The number of aliphatic carboxylic acids is 1. The van der Waals surface area contributed by atoms with E-state index in [1.165, 1.54) is 12.1 Å². The van der Waals surface area contributed by atoms with E-state index >= 15 is 0 Å². The topological polar surface area (TPSA) is 107 Å². The van der Waals surface area contributed by atoms with Gasteiger partial charge in [0, 0.05) is 11.1 Å². The summed E-state index contributed by atoms with van der Waals surface area (Å²) in [6.45, 7) is 2.92. The highest BCUT2D eigenvalue weighted by atomic mass is 35.5. The summed E-state index contributed by atoms with van der Waals surface area (Å²) in [6.07, 6.45) is 1.13. The second-order valence-corrected chi connectivity index (χ2v) is 9.72. The maximum Gasteiger partial charge on any atom is 0.327 e. The van der Waals surface area contributed by atoms with Gasteiger partial charge in [-0.3, -0.25) is 19.7 Å². The lowest BCUT2D eigenvalue weighted by molar-refractivity contribution is -0.150. The molecule has 7 nitrogen and oxygen atoms in total. The number of rotatable bonds is 6. The maximum atomic E-state index is 13.9. The second kappa shape index (κ2) is 9.13. The number of carboxylic acids is 1. The zero-order valence-corrected chi connectivity index (χ0v) is 20.7. The standard InChI is InChI=1S/C24H23Cl3N2O5/c1-3-11-6-5-7-12(4-2)20(11)29-21(31)16-17(22(29)32)24(10-30,23(33)34)28-19(16)14-8-13(25)9-15(26)18(14)27/h5-9,16-17,19,28,30H,3-4,10H2,1-2H3,(H,33,34). The Hall–Kier alpha value is -2.16. The van der Waals surface area contributed by atoms with Gasteiger partial charge in [0.05, 0.1) is 34.2 Å².